The molecule has 0 aliphatic heterocycles. The third-order valence-corrected chi connectivity index (χ3v) is 6.04. The van der Waals surface area contributed by atoms with Gasteiger partial charge in [-0.25, -0.2) is 0 Å². The van der Waals surface area contributed by atoms with Gasteiger partial charge in [0, 0.05) is 18.6 Å². The third-order valence-electron chi connectivity index (χ3n) is 6.04. The Balaban J connectivity index is 1.89. The van der Waals surface area contributed by atoms with Gasteiger partial charge in [-0.1, -0.05) is 97.1 Å². The molecule has 0 saturated heterocycles. The molecule has 4 aromatic rings. The Labute approximate surface area is 171 Å². The second-order valence-electron chi connectivity index (χ2n) is 7.42. The van der Waals surface area contributed by atoms with E-state index in [4.69, 9.17) is 4.74 Å². The molecule has 1 aliphatic carbocycles. The number of ether oxygens (including phenoxy) is 1. The van der Waals surface area contributed by atoms with Gasteiger partial charge in [-0.2, -0.15) is 0 Å². The lowest BCUT2D eigenvalue weighted by atomic mass is 9.65. The van der Waals surface area contributed by atoms with E-state index in [1.807, 2.05) is 24.3 Å². The summed E-state index contributed by atoms with van der Waals surface area (Å²) in [5.41, 5.74) is 5.83. The molecule has 0 fully saturated rings. The van der Waals surface area contributed by atoms with Crippen molar-refractivity contribution < 1.29 is 9.84 Å². The molecule has 2 heteroatoms. The number of benzene rings is 4. The Morgan fingerprint density at radius 2 is 1.10 bits per heavy atom. The Morgan fingerprint density at radius 1 is 0.621 bits per heavy atom. The van der Waals surface area contributed by atoms with E-state index in [1.165, 1.54) is 0 Å². The molecule has 142 valence electrons. The minimum absolute atomic E-state index is 0.0596. The fraction of sp³-hybridized carbons (Fsp3) is 0.111. The molecular formula is C27H22O2. The van der Waals surface area contributed by atoms with Crippen molar-refractivity contribution in [3.05, 3.63) is 137 Å². The van der Waals surface area contributed by atoms with E-state index in [1.54, 1.807) is 13.2 Å². The summed E-state index contributed by atoms with van der Waals surface area (Å²) in [6.07, 6.45) is 0. The summed E-state index contributed by atoms with van der Waals surface area (Å²) in [5.74, 6) is 0.252. The Bertz CT molecular complexity index is 1120. The maximum atomic E-state index is 10.7. The summed E-state index contributed by atoms with van der Waals surface area (Å²) in [6.45, 7) is 0. The summed E-state index contributed by atoms with van der Waals surface area (Å²) in [5, 5.41) is 10.7. The molecule has 0 saturated carbocycles. The van der Waals surface area contributed by atoms with Crippen molar-refractivity contribution in [3.63, 3.8) is 0 Å². The molecule has 1 aliphatic rings. The van der Waals surface area contributed by atoms with E-state index in [9.17, 15) is 5.11 Å². The average molecular weight is 378 g/mol. The quantitative estimate of drug-likeness (QED) is 0.486. The van der Waals surface area contributed by atoms with Gasteiger partial charge in [0.1, 0.15) is 11.4 Å². The molecule has 0 radical (unpaired) electrons. The Kier molecular flexibility index (Phi) is 4.22. The predicted molar refractivity (Wildman–Crippen MR) is 115 cm³/mol. The summed E-state index contributed by atoms with van der Waals surface area (Å²) in [4.78, 5) is 0. The van der Waals surface area contributed by atoms with Crippen LogP contribution in [0.2, 0.25) is 0 Å². The Hall–Kier alpha value is -3.36. The second-order valence-corrected chi connectivity index (χ2v) is 7.42. The molecule has 0 bridgehead atoms. The average Bonchev–Trinajstić information content (AvgIpc) is 2.79. The lowest BCUT2D eigenvalue weighted by Crippen LogP contribution is -2.38. The first kappa shape index (κ1) is 17.7. The first-order valence-corrected chi connectivity index (χ1v) is 9.84. The predicted octanol–water partition coefficient (Wildman–Crippen LogP) is 5.82. The van der Waals surface area contributed by atoms with Crippen LogP contribution in [0.5, 0.6) is 5.75 Å². The summed E-state index contributed by atoms with van der Waals surface area (Å²) >= 11 is 0. The number of rotatable bonds is 3. The first-order chi connectivity index (χ1) is 14.3. The fourth-order valence-electron chi connectivity index (χ4n) is 4.84. The van der Waals surface area contributed by atoms with Crippen LogP contribution >= 0.6 is 0 Å². The highest BCUT2D eigenvalue weighted by molar-refractivity contribution is 5.64. The van der Waals surface area contributed by atoms with E-state index in [0.29, 0.717) is 5.75 Å². The van der Waals surface area contributed by atoms with Gasteiger partial charge in [0.25, 0.3) is 0 Å². The van der Waals surface area contributed by atoms with Crippen LogP contribution in [0, 0.1) is 0 Å². The number of methoxy groups -OCH3 is 1. The largest absolute Gasteiger partial charge is 0.508 e. The van der Waals surface area contributed by atoms with E-state index < -0.39 is 5.60 Å². The van der Waals surface area contributed by atoms with Crippen LogP contribution in [0.1, 0.15) is 39.3 Å². The van der Waals surface area contributed by atoms with Crippen LogP contribution in [0.3, 0.4) is 0 Å². The highest BCUT2D eigenvalue weighted by Gasteiger charge is 2.46. The minimum Gasteiger partial charge on any atom is -0.508 e. The molecule has 0 atom stereocenters. The molecule has 0 spiro atoms. The smallest absolute Gasteiger partial charge is 0.143 e. The Morgan fingerprint density at radius 3 is 1.66 bits per heavy atom. The van der Waals surface area contributed by atoms with Gasteiger partial charge in [-0.3, -0.25) is 0 Å². The monoisotopic (exact) mass is 378 g/mol. The minimum atomic E-state index is -0.699. The van der Waals surface area contributed by atoms with Crippen molar-refractivity contribution in [3.8, 4) is 5.75 Å². The van der Waals surface area contributed by atoms with Crippen molar-refractivity contribution in [1.82, 2.24) is 0 Å². The molecule has 4 aromatic carbocycles. The van der Waals surface area contributed by atoms with E-state index in [-0.39, 0.29) is 5.92 Å². The molecule has 0 unspecified atom stereocenters. The van der Waals surface area contributed by atoms with Crippen LogP contribution in [-0.2, 0) is 10.3 Å². The number of aromatic hydroxyl groups is 1. The number of fused-ring (bicyclic) bond motifs is 2. The van der Waals surface area contributed by atoms with Crippen LogP contribution in [0.15, 0.2) is 103 Å². The summed E-state index contributed by atoms with van der Waals surface area (Å²) in [7, 11) is 1.78. The fourth-order valence-corrected chi connectivity index (χ4v) is 4.84. The van der Waals surface area contributed by atoms with Crippen LogP contribution in [0.25, 0.3) is 0 Å². The SMILES string of the molecule is COC1(c2ccccc2)c2ccccc2C(c2ccccc2O)c2ccccc21. The van der Waals surface area contributed by atoms with Crippen LogP contribution in [0.4, 0.5) is 0 Å². The van der Waals surface area contributed by atoms with Gasteiger partial charge >= 0.3 is 0 Å². The number of para-hydroxylation sites is 1. The highest BCUT2D eigenvalue weighted by atomic mass is 16.5. The van der Waals surface area contributed by atoms with Gasteiger partial charge in [0.05, 0.1) is 0 Å². The van der Waals surface area contributed by atoms with Gasteiger partial charge in [0.2, 0.25) is 0 Å². The van der Waals surface area contributed by atoms with Crippen LogP contribution < -0.4 is 0 Å². The molecule has 0 amide bonds. The standard InChI is InChI=1S/C27H22O2/c1-29-27(19-11-3-2-4-12-19)23-16-8-5-13-20(23)26(21-14-6-9-17-24(21)27)22-15-7-10-18-25(22)28/h2-18,26,28H,1H3. The van der Waals surface area contributed by atoms with E-state index in [2.05, 4.69) is 72.8 Å². The second kappa shape index (κ2) is 6.91. The van der Waals surface area contributed by atoms with Gasteiger partial charge in [-0.05, 0) is 33.9 Å². The van der Waals surface area contributed by atoms with Gasteiger partial charge in [-0.15, -0.1) is 0 Å². The summed E-state index contributed by atoms with van der Waals surface area (Å²) in [6, 6.07) is 34.8. The lowest BCUT2D eigenvalue weighted by Gasteiger charge is -2.43. The maximum Gasteiger partial charge on any atom is 0.143 e. The van der Waals surface area contributed by atoms with Crippen molar-refractivity contribution in [2.24, 2.45) is 0 Å². The third kappa shape index (κ3) is 2.53. The lowest BCUT2D eigenvalue weighted by molar-refractivity contribution is 0.0546. The number of phenols is 1. The first-order valence-electron chi connectivity index (χ1n) is 9.84. The van der Waals surface area contributed by atoms with E-state index in [0.717, 1.165) is 33.4 Å². The normalized spacial score (nSPS) is 20.0. The van der Waals surface area contributed by atoms with Crippen molar-refractivity contribution in [1.29, 1.82) is 0 Å². The van der Waals surface area contributed by atoms with Crippen molar-refractivity contribution in [2.75, 3.05) is 7.11 Å². The number of hydrogen-bond donors (Lipinski definition) is 1. The van der Waals surface area contributed by atoms with Crippen LogP contribution in [-0.4, -0.2) is 12.2 Å². The molecular weight excluding hydrogens is 356 g/mol. The zero-order valence-electron chi connectivity index (χ0n) is 16.2. The van der Waals surface area contributed by atoms with Crippen molar-refractivity contribution in [2.45, 2.75) is 11.5 Å². The molecule has 2 nitrogen and oxygen atoms in total. The van der Waals surface area contributed by atoms with Gasteiger partial charge < -0.3 is 9.84 Å². The highest BCUT2D eigenvalue weighted by Crippen LogP contribution is 2.53. The van der Waals surface area contributed by atoms with E-state index >= 15 is 0 Å². The zero-order chi connectivity index (χ0) is 19.8. The zero-order valence-corrected chi connectivity index (χ0v) is 16.2. The molecule has 1 N–H and O–H groups in total. The number of hydrogen-bond acceptors (Lipinski definition) is 2. The molecule has 5 rings (SSSR count). The molecule has 0 heterocycles. The van der Waals surface area contributed by atoms with Gasteiger partial charge in [0.15, 0.2) is 0 Å². The summed E-state index contributed by atoms with van der Waals surface area (Å²) < 4.78 is 6.37. The number of phenolic OH excluding ortho intramolecular Hbond substituents is 1. The van der Waals surface area contributed by atoms with Crippen molar-refractivity contribution >= 4 is 0 Å². The maximum absolute atomic E-state index is 10.7. The molecule has 29 heavy (non-hydrogen) atoms. The molecule has 0 aromatic heterocycles. The topological polar surface area (TPSA) is 29.5 Å².